The van der Waals surface area contributed by atoms with Gasteiger partial charge >= 0.3 is 0 Å². The first kappa shape index (κ1) is 4.13. The van der Waals surface area contributed by atoms with Gasteiger partial charge in [0.1, 0.15) is 0 Å². The normalized spacial score (nSPS) is 32.5. The zero-order valence-corrected chi connectivity index (χ0v) is 4.15. The van der Waals surface area contributed by atoms with Crippen molar-refractivity contribution < 1.29 is 0 Å². The van der Waals surface area contributed by atoms with Crippen LogP contribution in [0.4, 0.5) is 0 Å². The van der Waals surface area contributed by atoms with E-state index < -0.39 is 0 Å². The average Bonchev–Trinajstić information content (AvgIpc) is 1.31. The lowest BCUT2D eigenvalue weighted by atomic mass is 10.1. The minimum Gasteiger partial charge on any atom is -0.238 e. The van der Waals surface area contributed by atoms with E-state index in [1.807, 2.05) is 0 Å². The fourth-order valence-corrected chi connectivity index (χ4v) is 0.645. The first-order chi connectivity index (χ1) is 2.93. The minimum absolute atomic E-state index is 0.741. The monoisotopic (exact) mass is 84.1 g/mol. The number of rotatable bonds is 1. The first-order valence-corrected chi connectivity index (χ1v) is 2.60. The number of nitrogens with zero attached hydrogens (tertiary/aromatic N) is 1. The van der Waals surface area contributed by atoms with Gasteiger partial charge in [-0.15, -0.1) is 0 Å². The van der Waals surface area contributed by atoms with Gasteiger partial charge in [-0.3, -0.25) is 0 Å². The van der Waals surface area contributed by atoms with Crippen molar-refractivity contribution in [3.05, 3.63) is 0 Å². The second kappa shape index (κ2) is 1.61. The fraction of sp³-hybridized carbons (Fsp3) is 1.00. The highest BCUT2D eigenvalue weighted by molar-refractivity contribution is 4.73. The van der Waals surface area contributed by atoms with Crippen LogP contribution in [-0.4, -0.2) is 12.6 Å². The second-order valence-electron chi connectivity index (χ2n) is 1.76. The average molecular weight is 84.1 g/mol. The molecule has 1 atom stereocenters. The Kier molecular flexibility index (Phi) is 1.10. The Labute approximate surface area is 38.7 Å². The van der Waals surface area contributed by atoms with Crippen molar-refractivity contribution in [2.45, 2.75) is 25.8 Å². The Morgan fingerprint density at radius 1 is 1.83 bits per heavy atom. The summed E-state index contributed by atoms with van der Waals surface area (Å²) in [6, 6.07) is 0.741. The van der Waals surface area contributed by atoms with Gasteiger partial charge in [0.05, 0.1) is 0 Å². The third-order valence-electron chi connectivity index (χ3n) is 1.32. The third-order valence-corrected chi connectivity index (χ3v) is 1.32. The number of hydrogen-bond donors (Lipinski definition) is 0. The maximum absolute atomic E-state index is 4.19. The summed E-state index contributed by atoms with van der Waals surface area (Å²) in [4.78, 5) is 0. The highest BCUT2D eigenvalue weighted by atomic mass is 15.0. The smallest absolute Gasteiger partial charge is 0.0256 e. The molecule has 1 aliphatic heterocycles. The van der Waals surface area contributed by atoms with Crippen LogP contribution in [0.1, 0.15) is 19.8 Å². The molecule has 0 spiro atoms. The third kappa shape index (κ3) is 0.548. The van der Waals surface area contributed by atoms with E-state index in [9.17, 15) is 0 Å². The molecule has 1 aliphatic rings. The van der Waals surface area contributed by atoms with E-state index >= 15 is 0 Å². The molecule has 0 amide bonds. The molecule has 6 heavy (non-hydrogen) atoms. The van der Waals surface area contributed by atoms with E-state index in [1.54, 1.807) is 0 Å². The largest absolute Gasteiger partial charge is 0.238 e. The van der Waals surface area contributed by atoms with E-state index in [2.05, 4.69) is 12.2 Å². The molecule has 1 radical (unpaired) electrons. The van der Waals surface area contributed by atoms with Crippen molar-refractivity contribution in [3.63, 3.8) is 0 Å². The molecule has 1 fully saturated rings. The Morgan fingerprint density at radius 3 is 2.50 bits per heavy atom. The summed E-state index contributed by atoms with van der Waals surface area (Å²) in [5.74, 6) is 0. The van der Waals surface area contributed by atoms with Crippen molar-refractivity contribution in [1.29, 1.82) is 0 Å². The second-order valence-corrected chi connectivity index (χ2v) is 1.76. The van der Waals surface area contributed by atoms with Crippen LogP contribution in [0, 0.1) is 0 Å². The summed E-state index contributed by atoms with van der Waals surface area (Å²) < 4.78 is 0. The van der Waals surface area contributed by atoms with Gasteiger partial charge in [0.15, 0.2) is 0 Å². The lowest BCUT2D eigenvalue weighted by Gasteiger charge is -2.22. The summed E-state index contributed by atoms with van der Waals surface area (Å²) in [6.45, 7) is 3.31. The van der Waals surface area contributed by atoms with Crippen LogP contribution in [0.2, 0.25) is 0 Å². The Balaban J connectivity index is 2.01. The molecule has 0 saturated carbocycles. The number of hydrogen-bond acceptors (Lipinski definition) is 0. The Morgan fingerprint density at radius 2 is 2.50 bits per heavy atom. The molecule has 0 N–H and O–H groups in total. The summed E-state index contributed by atoms with van der Waals surface area (Å²) in [6.07, 6.45) is 2.59. The van der Waals surface area contributed by atoms with Crippen LogP contribution in [0.15, 0.2) is 0 Å². The van der Waals surface area contributed by atoms with Gasteiger partial charge in [0.25, 0.3) is 0 Å². The van der Waals surface area contributed by atoms with Crippen molar-refractivity contribution in [2.24, 2.45) is 0 Å². The Bertz CT molecular complexity index is 36.4. The minimum atomic E-state index is 0.741. The van der Waals surface area contributed by atoms with Crippen molar-refractivity contribution >= 4 is 0 Å². The highest BCUT2D eigenvalue weighted by Crippen LogP contribution is 2.06. The molecule has 0 aromatic rings. The van der Waals surface area contributed by atoms with Crippen molar-refractivity contribution in [2.75, 3.05) is 6.54 Å². The van der Waals surface area contributed by atoms with Gasteiger partial charge in [-0.05, 0) is 12.8 Å². The zero-order valence-electron chi connectivity index (χ0n) is 4.15. The van der Waals surface area contributed by atoms with Gasteiger partial charge in [-0.25, -0.2) is 5.32 Å². The van der Waals surface area contributed by atoms with Crippen LogP contribution in [0.3, 0.4) is 0 Å². The van der Waals surface area contributed by atoms with E-state index in [0.29, 0.717) is 0 Å². The molecule has 0 aliphatic carbocycles. The standard InChI is InChI=1S/C5H10N/c1-2-5-3-4-6-5/h5H,2-4H2,1H3. The van der Waals surface area contributed by atoms with E-state index in [0.717, 1.165) is 12.6 Å². The fourth-order valence-electron chi connectivity index (χ4n) is 0.645. The zero-order chi connectivity index (χ0) is 4.41. The van der Waals surface area contributed by atoms with Crippen LogP contribution in [0.5, 0.6) is 0 Å². The van der Waals surface area contributed by atoms with Crippen LogP contribution in [-0.2, 0) is 0 Å². The summed E-state index contributed by atoms with van der Waals surface area (Å²) >= 11 is 0. The molecule has 1 heteroatoms. The Hall–Kier alpha value is -0.0400. The SMILES string of the molecule is CCC1CC[N]1. The molecule has 0 aromatic carbocycles. The molecular weight excluding hydrogens is 74.1 g/mol. The lowest BCUT2D eigenvalue weighted by molar-refractivity contribution is 0.352. The lowest BCUT2D eigenvalue weighted by Crippen LogP contribution is -2.35. The molecule has 0 aromatic heterocycles. The van der Waals surface area contributed by atoms with Crippen LogP contribution in [0.25, 0.3) is 0 Å². The maximum atomic E-state index is 4.19. The summed E-state index contributed by atoms with van der Waals surface area (Å²) in [7, 11) is 0. The predicted molar refractivity (Wildman–Crippen MR) is 25.7 cm³/mol. The van der Waals surface area contributed by atoms with Gasteiger partial charge in [0, 0.05) is 12.6 Å². The quantitative estimate of drug-likeness (QED) is 0.445. The molecular formula is C5H10N. The topological polar surface area (TPSA) is 14.1 Å². The molecule has 1 rings (SSSR count). The predicted octanol–water partition coefficient (Wildman–Crippen LogP) is 0.773. The van der Waals surface area contributed by atoms with Gasteiger partial charge in [-0.1, -0.05) is 6.92 Å². The van der Waals surface area contributed by atoms with Crippen LogP contribution >= 0.6 is 0 Å². The van der Waals surface area contributed by atoms with Crippen molar-refractivity contribution in [1.82, 2.24) is 5.32 Å². The summed E-state index contributed by atoms with van der Waals surface area (Å²) in [5.41, 5.74) is 0. The molecule has 1 saturated heterocycles. The van der Waals surface area contributed by atoms with E-state index in [4.69, 9.17) is 0 Å². The highest BCUT2D eigenvalue weighted by Gasteiger charge is 2.13. The van der Waals surface area contributed by atoms with Gasteiger partial charge < -0.3 is 0 Å². The molecule has 0 bridgehead atoms. The van der Waals surface area contributed by atoms with Gasteiger partial charge in [-0.2, -0.15) is 0 Å². The summed E-state index contributed by atoms with van der Waals surface area (Å²) in [5, 5.41) is 4.19. The van der Waals surface area contributed by atoms with Crippen LogP contribution < -0.4 is 5.32 Å². The molecule has 35 valence electrons. The van der Waals surface area contributed by atoms with Gasteiger partial charge in [0.2, 0.25) is 0 Å². The van der Waals surface area contributed by atoms with E-state index in [-0.39, 0.29) is 0 Å². The molecule has 1 heterocycles. The van der Waals surface area contributed by atoms with E-state index in [1.165, 1.54) is 12.8 Å². The maximum Gasteiger partial charge on any atom is 0.0256 e. The first-order valence-electron chi connectivity index (χ1n) is 2.60. The van der Waals surface area contributed by atoms with Crippen molar-refractivity contribution in [3.8, 4) is 0 Å². The molecule has 1 unspecified atom stereocenters. The molecule has 1 nitrogen and oxygen atoms in total.